The first-order valence-electron chi connectivity index (χ1n) is 6.89. The maximum atomic E-state index is 11.9. The number of ether oxygens (including phenoxy) is 1. The smallest absolute Gasteiger partial charge is 0.450 e. The summed E-state index contributed by atoms with van der Waals surface area (Å²) in [6.07, 6.45) is 1.80. The number of aryl methyl sites for hydroxylation is 1. The lowest BCUT2D eigenvalue weighted by Gasteiger charge is -2.32. The number of rotatable bonds is 4. The minimum Gasteiger partial charge on any atom is -0.450 e. The van der Waals surface area contributed by atoms with Crippen LogP contribution in [0.1, 0.15) is 48.0 Å². The minimum atomic E-state index is -1.44. The van der Waals surface area contributed by atoms with E-state index in [-0.39, 0.29) is 0 Å². The molecule has 1 fully saturated rings. The van der Waals surface area contributed by atoms with Crippen molar-refractivity contribution in [2.45, 2.75) is 44.8 Å². The quantitative estimate of drug-likeness (QED) is 0.396. The maximum absolute atomic E-state index is 11.9. The van der Waals surface area contributed by atoms with Gasteiger partial charge in [-0.15, -0.1) is 4.89 Å². The molecular formula is C15H18O6. The van der Waals surface area contributed by atoms with Crippen LogP contribution in [-0.4, -0.2) is 23.0 Å². The van der Waals surface area contributed by atoms with E-state index in [4.69, 9.17) is 19.6 Å². The van der Waals surface area contributed by atoms with Gasteiger partial charge in [0.05, 0.1) is 5.56 Å². The van der Waals surface area contributed by atoms with Gasteiger partial charge in [0, 0.05) is 12.8 Å². The van der Waals surface area contributed by atoms with Crippen LogP contribution >= 0.6 is 0 Å². The van der Waals surface area contributed by atoms with E-state index in [0.29, 0.717) is 18.4 Å². The molecule has 6 nitrogen and oxygen atoms in total. The van der Waals surface area contributed by atoms with Crippen molar-refractivity contribution in [3.05, 3.63) is 35.4 Å². The van der Waals surface area contributed by atoms with Crippen molar-refractivity contribution in [2.24, 2.45) is 0 Å². The van der Waals surface area contributed by atoms with Gasteiger partial charge in [0.1, 0.15) is 0 Å². The van der Waals surface area contributed by atoms with Crippen LogP contribution in [0.2, 0.25) is 0 Å². The standard InChI is InChI=1S/C15H18O6/c1-11-5-7-12(8-6-11)13(16)20-21-15(19-14(17)18)9-3-2-4-10-15/h5-8H,2-4,9-10H2,1H3,(H,17,18). The molecule has 0 amide bonds. The van der Waals surface area contributed by atoms with Crippen LogP contribution in [0, 0.1) is 6.92 Å². The van der Waals surface area contributed by atoms with E-state index < -0.39 is 17.9 Å². The van der Waals surface area contributed by atoms with Gasteiger partial charge in [0.15, 0.2) is 0 Å². The highest BCUT2D eigenvalue weighted by Crippen LogP contribution is 2.33. The van der Waals surface area contributed by atoms with Gasteiger partial charge in [-0.3, -0.25) is 4.89 Å². The molecule has 0 radical (unpaired) electrons. The lowest BCUT2D eigenvalue weighted by Crippen LogP contribution is -2.40. The van der Waals surface area contributed by atoms with Crippen molar-refractivity contribution in [2.75, 3.05) is 0 Å². The zero-order chi connectivity index (χ0) is 15.3. The molecule has 0 aromatic heterocycles. The van der Waals surface area contributed by atoms with E-state index in [2.05, 4.69) is 0 Å². The zero-order valence-electron chi connectivity index (χ0n) is 11.8. The highest BCUT2D eigenvalue weighted by Gasteiger charge is 2.40. The fourth-order valence-corrected chi connectivity index (χ4v) is 2.30. The maximum Gasteiger partial charge on any atom is 0.508 e. The van der Waals surface area contributed by atoms with Gasteiger partial charge in [-0.1, -0.05) is 24.1 Å². The average Bonchev–Trinajstić information content (AvgIpc) is 2.46. The number of carbonyl (C=O) groups excluding carboxylic acids is 1. The zero-order valence-corrected chi connectivity index (χ0v) is 11.8. The van der Waals surface area contributed by atoms with Crippen molar-refractivity contribution >= 4 is 12.1 Å². The van der Waals surface area contributed by atoms with E-state index >= 15 is 0 Å². The van der Waals surface area contributed by atoms with E-state index in [9.17, 15) is 9.59 Å². The number of carbonyl (C=O) groups is 2. The molecule has 1 aromatic rings. The summed E-state index contributed by atoms with van der Waals surface area (Å²) in [7, 11) is 0. The number of carboxylic acid groups (broad SMARTS) is 1. The molecule has 0 atom stereocenters. The Balaban J connectivity index is 1.99. The molecule has 6 heteroatoms. The third kappa shape index (κ3) is 4.19. The summed E-state index contributed by atoms with van der Waals surface area (Å²) in [6.45, 7) is 1.91. The van der Waals surface area contributed by atoms with Gasteiger partial charge in [0.25, 0.3) is 5.79 Å². The van der Waals surface area contributed by atoms with E-state index in [0.717, 1.165) is 24.8 Å². The second kappa shape index (κ2) is 6.58. The van der Waals surface area contributed by atoms with E-state index in [1.165, 1.54) is 0 Å². The molecular weight excluding hydrogens is 276 g/mol. The van der Waals surface area contributed by atoms with Crippen LogP contribution < -0.4 is 0 Å². The van der Waals surface area contributed by atoms with Crippen LogP contribution in [0.15, 0.2) is 24.3 Å². The SMILES string of the molecule is Cc1ccc(C(=O)OOC2(OC(=O)O)CCCCC2)cc1. The fraction of sp³-hybridized carbons (Fsp3) is 0.467. The van der Waals surface area contributed by atoms with E-state index in [1.807, 2.05) is 6.92 Å². The molecule has 1 saturated carbocycles. The first-order chi connectivity index (χ1) is 10.0. The summed E-state index contributed by atoms with van der Waals surface area (Å²) >= 11 is 0. The van der Waals surface area contributed by atoms with Crippen molar-refractivity contribution < 1.29 is 29.2 Å². The number of hydrogen-bond donors (Lipinski definition) is 1. The van der Waals surface area contributed by atoms with Crippen LogP contribution in [0.4, 0.5) is 4.79 Å². The highest BCUT2D eigenvalue weighted by molar-refractivity contribution is 5.88. The predicted molar refractivity (Wildman–Crippen MR) is 72.6 cm³/mol. The average molecular weight is 294 g/mol. The Labute approximate surface area is 122 Å². The van der Waals surface area contributed by atoms with Crippen LogP contribution in [-0.2, 0) is 14.5 Å². The molecule has 114 valence electrons. The minimum absolute atomic E-state index is 0.335. The van der Waals surface area contributed by atoms with Gasteiger partial charge in [-0.2, -0.15) is 0 Å². The third-order valence-electron chi connectivity index (χ3n) is 3.45. The van der Waals surface area contributed by atoms with Crippen molar-refractivity contribution in [3.8, 4) is 0 Å². The summed E-state index contributed by atoms with van der Waals surface area (Å²) in [6, 6.07) is 6.79. The Bertz CT molecular complexity index is 501. The highest BCUT2D eigenvalue weighted by atomic mass is 17.2. The molecule has 0 bridgehead atoms. The Hall–Kier alpha value is -2.08. The monoisotopic (exact) mass is 294 g/mol. The molecule has 1 aliphatic carbocycles. The van der Waals surface area contributed by atoms with Gasteiger partial charge in [-0.25, -0.2) is 9.59 Å². The summed E-state index contributed by atoms with van der Waals surface area (Å²) in [4.78, 5) is 32.5. The van der Waals surface area contributed by atoms with Gasteiger partial charge in [-0.05, 0) is 31.9 Å². The lowest BCUT2D eigenvalue weighted by atomic mass is 9.94. The Morgan fingerprint density at radius 2 is 1.71 bits per heavy atom. The van der Waals surface area contributed by atoms with Crippen LogP contribution in [0.25, 0.3) is 0 Å². The molecule has 0 unspecified atom stereocenters. The first-order valence-corrected chi connectivity index (χ1v) is 6.89. The summed E-state index contributed by atoms with van der Waals surface area (Å²) in [5.41, 5.74) is 1.35. The lowest BCUT2D eigenvalue weighted by molar-refractivity contribution is -0.391. The van der Waals surface area contributed by atoms with Gasteiger partial charge >= 0.3 is 12.1 Å². The molecule has 21 heavy (non-hydrogen) atoms. The largest absolute Gasteiger partial charge is 0.508 e. The second-order valence-electron chi connectivity index (χ2n) is 5.16. The Morgan fingerprint density at radius 3 is 2.29 bits per heavy atom. The first kappa shape index (κ1) is 15.3. The summed E-state index contributed by atoms with van der Waals surface area (Å²) in [5, 5.41) is 8.80. The molecule has 2 rings (SSSR count). The molecule has 1 aliphatic rings. The normalized spacial score (nSPS) is 17.0. The molecule has 0 aliphatic heterocycles. The van der Waals surface area contributed by atoms with E-state index in [1.54, 1.807) is 24.3 Å². The molecule has 0 saturated heterocycles. The van der Waals surface area contributed by atoms with Crippen LogP contribution in [0.3, 0.4) is 0 Å². The topological polar surface area (TPSA) is 82.1 Å². The predicted octanol–water partition coefficient (Wildman–Crippen LogP) is 3.44. The number of benzene rings is 1. The van der Waals surface area contributed by atoms with Gasteiger partial charge in [0.2, 0.25) is 0 Å². The Kier molecular flexibility index (Phi) is 4.80. The van der Waals surface area contributed by atoms with Crippen molar-refractivity contribution in [1.82, 2.24) is 0 Å². The summed E-state index contributed by atoms with van der Waals surface area (Å²) in [5.74, 6) is -2.06. The number of hydrogen-bond acceptors (Lipinski definition) is 5. The van der Waals surface area contributed by atoms with Crippen LogP contribution in [0.5, 0.6) is 0 Å². The second-order valence-corrected chi connectivity index (χ2v) is 5.16. The molecule has 1 N–H and O–H groups in total. The third-order valence-corrected chi connectivity index (χ3v) is 3.45. The molecule has 0 heterocycles. The molecule has 0 spiro atoms. The van der Waals surface area contributed by atoms with Crippen molar-refractivity contribution in [3.63, 3.8) is 0 Å². The van der Waals surface area contributed by atoms with Gasteiger partial charge < -0.3 is 9.84 Å². The summed E-state index contributed by atoms with van der Waals surface area (Å²) < 4.78 is 4.80. The van der Waals surface area contributed by atoms with Crippen molar-refractivity contribution in [1.29, 1.82) is 0 Å². The Morgan fingerprint density at radius 1 is 1.10 bits per heavy atom. The fourth-order valence-electron chi connectivity index (χ4n) is 2.30. The molecule has 1 aromatic carbocycles.